The highest BCUT2D eigenvalue weighted by Crippen LogP contribution is 2.27. The molecule has 2 aromatic rings. The van der Waals surface area contributed by atoms with Gasteiger partial charge in [-0.2, -0.15) is 0 Å². The molecular weight excluding hydrogens is 298 g/mol. The molecule has 0 saturated carbocycles. The van der Waals surface area contributed by atoms with Gasteiger partial charge in [0.2, 0.25) is 0 Å². The highest BCUT2D eigenvalue weighted by molar-refractivity contribution is 5.95. The minimum absolute atomic E-state index is 0.0876. The number of halogens is 2. The van der Waals surface area contributed by atoms with Gasteiger partial charge in [-0.05, 0) is 55.3 Å². The molecular formula is C18H18F2N2O. The SMILES string of the molecule is Cc1cc(F)ccc1-c1ccc(C(=O)NC2CCNC2)cc1F. The Kier molecular flexibility index (Phi) is 4.39. The van der Waals surface area contributed by atoms with Crippen LogP contribution in [0.1, 0.15) is 22.3 Å². The van der Waals surface area contributed by atoms with Gasteiger partial charge < -0.3 is 10.6 Å². The van der Waals surface area contributed by atoms with Crippen molar-refractivity contribution in [3.8, 4) is 11.1 Å². The molecule has 3 nitrogen and oxygen atoms in total. The zero-order valence-corrected chi connectivity index (χ0v) is 12.8. The summed E-state index contributed by atoms with van der Waals surface area (Å²) >= 11 is 0. The second kappa shape index (κ2) is 6.46. The zero-order chi connectivity index (χ0) is 16.4. The van der Waals surface area contributed by atoms with Crippen LogP contribution in [0.4, 0.5) is 8.78 Å². The molecule has 0 bridgehead atoms. The third-order valence-electron chi connectivity index (χ3n) is 4.11. The maximum Gasteiger partial charge on any atom is 0.251 e. The van der Waals surface area contributed by atoms with E-state index in [1.807, 2.05) is 0 Å². The Hall–Kier alpha value is -2.27. The van der Waals surface area contributed by atoms with Crippen molar-refractivity contribution in [3.05, 3.63) is 59.2 Å². The van der Waals surface area contributed by atoms with Crippen molar-refractivity contribution in [3.63, 3.8) is 0 Å². The Morgan fingerprint density at radius 1 is 1.17 bits per heavy atom. The second-order valence-corrected chi connectivity index (χ2v) is 5.82. The lowest BCUT2D eigenvalue weighted by Crippen LogP contribution is -2.36. The molecule has 1 fully saturated rings. The van der Waals surface area contributed by atoms with E-state index in [9.17, 15) is 13.6 Å². The summed E-state index contributed by atoms with van der Waals surface area (Å²) in [6.45, 7) is 3.34. The summed E-state index contributed by atoms with van der Waals surface area (Å²) in [6, 6.07) is 8.70. The lowest BCUT2D eigenvalue weighted by molar-refractivity contribution is 0.0939. The van der Waals surface area contributed by atoms with Crippen LogP contribution in [0.15, 0.2) is 36.4 Å². The van der Waals surface area contributed by atoms with E-state index in [0.717, 1.165) is 19.5 Å². The highest BCUT2D eigenvalue weighted by atomic mass is 19.1. The Labute approximate surface area is 133 Å². The molecule has 1 amide bonds. The van der Waals surface area contributed by atoms with Gasteiger partial charge in [0, 0.05) is 23.7 Å². The van der Waals surface area contributed by atoms with Crippen molar-refractivity contribution in [1.82, 2.24) is 10.6 Å². The maximum atomic E-state index is 14.4. The summed E-state index contributed by atoms with van der Waals surface area (Å²) in [6.07, 6.45) is 0.876. The van der Waals surface area contributed by atoms with E-state index in [-0.39, 0.29) is 23.3 Å². The molecule has 2 N–H and O–H groups in total. The normalized spacial score (nSPS) is 17.3. The molecule has 5 heteroatoms. The van der Waals surface area contributed by atoms with Gasteiger partial charge in [0.25, 0.3) is 5.91 Å². The molecule has 1 saturated heterocycles. The number of benzene rings is 2. The first kappa shape index (κ1) is 15.6. The smallest absolute Gasteiger partial charge is 0.251 e. The summed E-state index contributed by atoms with van der Waals surface area (Å²) in [7, 11) is 0. The van der Waals surface area contributed by atoms with Crippen LogP contribution in [0.5, 0.6) is 0 Å². The highest BCUT2D eigenvalue weighted by Gasteiger charge is 2.18. The summed E-state index contributed by atoms with van der Waals surface area (Å²) in [4.78, 5) is 12.2. The molecule has 0 aliphatic carbocycles. The first-order valence-corrected chi connectivity index (χ1v) is 7.62. The number of carbonyl (C=O) groups excluding carboxylic acids is 1. The topological polar surface area (TPSA) is 41.1 Å². The lowest BCUT2D eigenvalue weighted by Gasteiger charge is -2.13. The molecule has 0 aromatic heterocycles. The van der Waals surface area contributed by atoms with Crippen LogP contribution < -0.4 is 10.6 Å². The minimum Gasteiger partial charge on any atom is -0.348 e. The van der Waals surface area contributed by atoms with Crippen LogP contribution >= 0.6 is 0 Å². The second-order valence-electron chi connectivity index (χ2n) is 5.82. The first-order chi connectivity index (χ1) is 11.0. The fourth-order valence-electron chi connectivity index (χ4n) is 2.85. The summed E-state index contributed by atoms with van der Waals surface area (Å²) in [5, 5.41) is 6.05. The molecule has 1 heterocycles. The molecule has 0 radical (unpaired) electrons. The summed E-state index contributed by atoms with van der Waals surface area (Å²) in [5.41, 5.74) is 1.92. The van der Waals surface area contributed by atoms with Gasteiger partial charge in [0.1, 0.15) is 11.6 Å². The van der Waals surface area contributed by atoms with Gasteiger partial charge >= 0.3 is 0 Å². The molecule has 23 heavy (non-hydrogen) atoms. The first-order valence-electron chi connectivity index (χ1n) is 7.62. The number of hydrogen-bond acceptors (Lipinski definition) is 2. The quantitative estimate of drug-likeness (QED) is 0.914. The number of carbonyl (C=O) groups is 1. The Morgan fingerprint density at radius 2 is 1.96 bits per heavy atom. The van der Waals surface area contributed by atoms with Gasteiger partial charge in [-0.15, -0.1) is 0 Å². The van der Waals surface area contributed by atoms with Gasteiger partial charge in [0.05, 0.1) is 0 Å². The number of nitrogens with one attached hydrogen (secondary N) is 2. The number of aryl methyl sites for hydroxylation is 1. The lowest BCUT2D eigenvalue weighted by atomic mass is 9.98. The van der Waals surface area contributed by atoms with Gasteiger partial charge in [-0.1, -0.05) is 12.1 Å². The predicted molar refractivity (Wildman–Crippen MR) is 85.3 cm³/mol. The largest absolute Gasteiger partial charge is 0.348 e. The standard InChI is InChI=1S/C18H18F2N2O/c1-11-8-13(19)3-5-15(11)16-4-2-12(9-17(16)20)18(23)22-14-6-7-21-10-14/h2-5,8-9,14,21H,6-7,10H2,1H3,(H,22,23). The molecule has 1 aliphatic rings. The predicted octanol–water partition coefficient (Wildman–Crippen LogP) is 3.03. The van der Waals surface area contributed by atoms with E-state index in [1.165, 1.54) is 18.2 Å². The number of hydrogen-bond donors (Lipinski definition) is 2. The van der Waals surface area contributed by atoms with E-state index in [1.54, 1.807) is 25.1 Å². The fraction of sp³-hybridized carbons (Fsp3) is 0.278. The van der Waals surface area contributed by atoms with Crippen LogP contribution in [0, 0.1) is 18.6 Å². The third-order valence-corrected chi connectivity index (χ3v) is 4.11. The van der Waals surface area contributed by atoms with Crippen molar-refractivity contribution in [1.29, 1.82) is 0 Å². The minimum atomic E-state index is -0.489. The number of amides is 1. The van der Waals surface area contributed by atoms with E-state index in [2.05, 4.69) is 10.6 Å². The Bertz CT molecular complexity index is 740. The average molecular weight is 316 g/mol. The molecule has 0 spiro atoms. The fourth-order valence-corrected chi connectivity index (χ4v) is 2.85. The van der Waals surface area contributed by atoms with Gasteiger partial charge in [-0.25, -0.2) is 8.78 Å². The maximum absolute atomic E-state index is 14.4. The van der Waals surface area contributed by atoms with Gasteiger partial charge in [0.15, 0.2) is 0 Å². The van der Waals surface area contributed by atoms with Crippen LogP contribution in [0.2, 0.25) is 0 Å². The average Bonchev–Trinajstić information content (AvgIpc) is 3.01. The van der Waals surface area contributed by atoms with Crippen molar-refractivity contribution in [2.24, 2.45) is 0 Å². The van der Waals surface area contributed by atoms with E-state index < -0.39 is 5.82 Å². The van der Waals surface area contributed by atoms with E-state index >= 15 is 0 Å². The Balaban J connectivity index is 1.84. The van der Waals surface area contributed by atoms with Crippen molar-refractivity contribution in [2.45, 2.75) is 19.4 Å². The van der Waals surface area contributed by atoms with Crippen molar-refractivity contribution in [2.75, 3.05) is 13.1 Å². The van der Waals surface area contributed by atoms with Crippen molar-refractivity contribution < 1.29 is 13.6 Å². The van der Waals surface area contributed by atoms with E-state index in [4.69, 9.17) is 0 Å². The van der Waals surface area contributed by atoms with Gasteiger partial charge in [-0.3, -0.25) is 4.79 Å². The molecule has 1 aliphatic heterocycles. The van der Waals surface area contributed by atoms with Crippen LogP contribution in [-0.2, 0) is 0 Å². The van der Waals surface area contributed by atoms with Crippen LogP contribution in [-0.4, -0.2) is 25.0 Å². The summed E-state index contributed by atoms with van der Waals surface area (Å²) < 4.78 is 27.6. The van der Waals surface area contributed by atoms with E-state index in [0.29, 0.717) is 16.7 Å². The number of rotatable bonds is 3. The molecule has 120 valence electrons. The molecule has 3 rings (SSSR count). The molecule has 1 unspecified atom stereocenters. The zero-order valence-electron chi connectivity index (χ0n) is 12.8. The van der Waals surface area contributed by atoms with Crippen LogP contribution in [0.3, 0.4) is 0 Å². The summed E-state index contributed by atoms with van der Waals surface area (Å²) in [5.74, 6) is -1.12. The van der Waals surface area contributed by atoms with Crippen molar-refractivity contribution >= 4 is 5.91 Å². The Morgan fingerprint density at radius 3 is 2.61 bits per heavy atom. The molecule has 1 atom stereocenters. The third kappa shape index (κ3) is 3.40. The monoisotopic (exact) mass is 316 g/mol. The van der Waals surface area contributed by atoms with Crippen LogP contribution in [0.25, 0.3) is 11.1 Å². The molecule has 2 aromatic carbocycles.